The van der Waals surface area contributed by atoms with Crippen molar-refractivity contribution in [3.05, 3.63) is 35.8 Å². The maximum atomic E-state index is 11.5. The van der Waals surface area contributed by atoms with Crippen LogP contribution in [0.15, 0.2) is 35.8 Å². The third kappa shape index (κ3) is 3.38. The number of carbonyl (C=O) groups excluding carboxylic acids is 1. The van der Waals surface area contributed by atoms with E-state index in [0.717, 1.165) is 16.3 Å². The molecule has 0 saturated carbocycles. The largest absolute Gasteiger partial charge is 0.326 e. The number of aromatic nitrogens is 1. The van der Waals surface area contributed by atoms with Gasteiger partial charge in [-0.1, -0.05) is 28.1 Å². The van der Waals surface area contributed by atoms with Crippen molar-refractivity contribution >= 4 is 38.9 Å². The van der Waals surface area contributed by atoms with Gasteiger partial charge in [-0.2, -0.15) is 0 Å². The van der Waals surface area contributed by atoms with Crippen LogP contribution in [0.5, 0.6) is 0 Å². The minimum atomic E-state index is 0.0122. The molecule has 2 rings (SSSR count). The number of halogens is 1. The van der Waals surface area contributed by atoms with Crippen LogP contribution in [-0.4, -0.2) is 16.2 Å². The van der Waals surface area contributed by atoms with Gasteiger partial charge in [-0.25, -0.2) is 4.98 Å². The summed E-state index contributed by atoms with van der Waals surface area (Å²) in [5.41, 5.74) is 1.83. The SMILES string of the molecule is O=C(CCBr)Nc1cccc(-c2nccs2)c1. The van der Waals surface area contributed by atoms with Gasteiger partial charge >= 0.3 is 0 Å². The highest BCUT2D eigenvalue weighted by Crippen LogP contribution is 2.24. The lowest BCUT2D eigenvalue weighted by Gasteiger charge is -2.05. The molecule has 17 heavy (non-hydrogen) atoms. The minimum absolute atomic E-state index is 0.0122. The van der Waals surface area contributed by atoms with Gasteiger partial charge in [-0.15, -0.1) is 11.3 Å². The number of benzene rings is 1. The van der Waals surface area contributed by atoms with E-state index in [1.807, 2.05) is 29.6 Å². The average Bonchev–Trinajstić information content (AvgIpc) is 2.83. The lowest BCUT2D eigenvalue weighted by Crippen LogP contribution is -2.11. The number of rotatable bonds is 4. The van der Waals surface area contributed by atoms with Crippen molar-refractivity contribution in [1.82, 2.24) is 4.98 Å². The first-order valence-corrected chi connectivity index (χ1v) is 7.15. The maximum Gasteiger partial charge on any atom is 0.225 e. The van der Waals surface area contributed by atoms with E-state index in [9.17, 15) is 4.79 Å². The zero-order valence-corrected chi connectivity index (χ0v) is 11.4. The molecule has 88 valence electrons. The molecular formula is C12H11BrN2OS. The van der Waals surface area contributed by atoms with Crippen molar-refractivity contribution in [1.29, 1.82) is 0 Å². The fraction of sp³-hybridized carbons (Fsp3) is 0.167. The second kappa shape index (κ2) is 5.93. The molecule has 0 aliphatic carbocycles. The summed E-state index contributed by atoms with van der Waals surface area (Å²) in [5.74, 6) is 0.0122. The van der Waals surface area contributed by atoms with Crippen LogP contribution < -0.4 is 5.32 Å². The topological polar surface area (TPSA) is 42.0 Å². The van der Waals surface area contributed by atoms with Crippen molar-refractivity contribution in [3.63, 3.8) is 0 Å². The first-order valence-electron chi connectivity index (χ1n) is 5.15. The Labute approximate surface area is 112 Å². The first-order chi connectivity index (χ1) is 8.29. The van der Waals surface area contributed by atoms with E-state index in [-0.39, 0.29) is 5.91 Å². The van der Waals surface area contributed by atoms with Gasteiger partial charge in [0.25, 0.3) is 0 Å². The quantitative estimate of drug-likeness (QED) is 0.878. The highest BCUT2D eigenvalue weighted by molar-refractivity contribution is 9.09. The molecule has 0 spiro atoms. The van der Waals surface area contributed by atoms with Gasteiger partial charge in [0.05, 0.1) is 0 Å². The Bertz CT molecular complexity index is 499. The van der Waals surface area contributed by atoms with E-state index in [2.05, 4.69) is 26.2 Å². The Kier molecular flexibility index (Phi) is 4.28. The highest BCUT2D eigenvalue weighted by Gasteiger charge is 2.04. The predicted molar refractivity (Wildman–Crippen MR) is 74.6 cm³/mol. The Morgan fingerprint density at radius 3 is 3.06 bits per heavy atom. The van der Waals surface area contributed by atoms with Gasteiger partial charge in [0.15, 0.2) is 0 Å². The predicted octanol–water partition coefficient (Wildman–Crippen LogP) is 3.53. The van der Waals surface area contributed by atoms with Crippen LogP contribution in [-0.2, 0) is 4.79 Å². The molecule has 0 fully saturated rings. The maximum absolute atomic E-state index is 11.5. The van der Waals surface area contributed by atoms with E-state index in [4.69, 9.17) is 0 Å². The molecule has 0 atom stereocenters. The van der Waals surface area contributed by atoms with Crippen LogP contribution in [0.1, 0.15) is 6.42 Å². The third-order valence-corrected chi connectivity index (χ3v) is 3.37. The van der Waals surface area contributed by atoms with Crippen molar-refractivity contribution in [3.8, 4) is 10.6 Å². The molecule has 1 amide bonds. The number of nitrogens with zero attached hydrogens (tertiary/aromatic N) is 1. The molecule has 0 radical (unpaired) electrons. The standard InChI is InChI=1S/C12H11BrN2OS/c13-5-4-11(16)15-10-3-1-2-9(8-10)12-14-6-7-17-12/h1-3,6-8H,4-5H2,(H,15,16). The monoisotopic (exact) mass is 310 g/mol. The van der Waals surface area contributed by atoms with Gasteiger partial charge in [0.1, 0.15) is 5.01 Å². The Morgan fingerprint density at radius 2 is 2.35 bits per heavy atom. The smallest absolute Gasteiger partial charge is 0.225 e. The fourth-order valence-electron chi connectivity index (χ4n) is 1.41. The van der Waals surface area contributed by atoms with Gasteiger partial charge in [-0.05, 0) is 12.1 Å². The van der Waals surface area contributed by atoms with E-state index in [1.54, 1.807) is 17.5 Å². The highest BCUT2D eigenvalue weighted by atomic mass is 79.9. The Hall–Kier alpha value is -1.20. The summed E-state index contributed by atoms with van der Waals surface area (Å²) in [6, 6.07) is 7.72. The van der Waals surface area contributed by atoms with Gasteiger partial charge < -0.3 is 5.32 Å². The number of hydrogen-bond donors (Lipinski definition) is 1. The second-order valence-corrected chi connectivity index (χ2v) is 5.09. The number of nitrogens with one attached hydrogen (secondary N) is 1. The molecule has 3 nitrogen and oxygen atoms in total. The normalized spacial score (nSPS) is 10.2. The van der Waals surface area contributed by atoms with Crippen molar-refractivity contribution in [2.75, 3.05) is 10.6 Å². The molecular weight excluding hydrogens is 300 g/mol. The van der Waals surface area contributed by atoms with Crippen LogP contribution in [0.3, 0.4) is 0 Å². The van der Waals surface area contributed by atoms with Crippen LogP contribution in [0.2, 0.25) is 0 Å². The zero-order chi connectivity index (χ0) is 12.1. The number of anilines is 1. The molecule has 1 aromatic carbocycles. The summed E-state index contributed by atoms with van der Waals surface area (Å²) in [6.45, 7) is 0. The number of carbonyl (C=O) groups is 1. The molecule has 1 aromatic heterocycles. The molecule has 0 aliphatic rings. The second-order valence-electron chi connectivity index (χ2n) is 3.41. The molecule has 1 heterocycles. The van der Waals surface area contributed by atoms with Gasteiger partial charge in [0.2, 0.25) is 5.91 Å². The number of alkyl halides is 1. The zero-order valence-electron chi connectivity index (χ0n) is 9.02. The summed E-state index contributed by atoms with van der Waals surface area (Å²) in [5, 5.41) is 6.42. The van der Waals surface area contributed by atoms with Gasteiger partial charge in [0, 0.05) is 34.6 Å². The number of hydrogen-bond acceptors (Lipinski definition) is 3. The molecule has 2 aromatic rings. The lowest BCUT2D eigenvalue weighted by molar-refractivity contribution is -0.115. The minimum Gasteiger partial charge on any atom is -0.326 e. The summed E-state index contributed by atoms with van der Waals surface area (Å²) in [4.78, 5) is 15.7. The van der Waals surface area contributed by atoms with Gasteiger partial charge in [-0.3, -0.25) is 4.79 Å². The fourth-order valence-corrected chi connectivity index (χ4v) is 2.40. The van der Waals surface area contributed by atoms with Crippen LogP contribution >= 0.6 is 27.3 Å². The third-order valence-electron chi connectivity index (χ3n) is 2.15. The summed E-state index contributed by atoms with van der Waals surface area (Å²) in [6.07, 6.45) is 2.25. The summed E-state index contributed by atoms with van der Waals surface area (Å²) in [7, 11) is 0. The lowest BCUT2D eigenvalue weighted by atomic mass is 10.2. The van der Waals surface area contributed by atoms with Crippen LogP contribution in [0.25, 0.3) is 10.6 Å². The summed E-state index contributed by atoms with van der Waals surface area (Å²) < 4.78 is 0. The van der Waals surface area contributed by atoms with E-state index in [0.29, 0.717) is 11.8 Å². The molecule has 0 saturated heterocycles. The Balaban J connectivity index is 2.15. The molecule has 5 heteroatoms. The van der Waals surface area contributed by atoms with Crippen LogP contribution in [0.4, 0.5) is 5.69 Å². The average molecular weight is 311 g/mol. The molecule has 0 bridgehead atoms. The summed E-state index contributed by atoms with van der Waals surface area (Å²) >= 11 is 4.82. The number of thiazole rings is 1. The Morgan fingerprint density at radius 1 is 1.47 bits per heavy atom. The van der Waals surface area contributed by atoms with E-state index in [1.165, 1.54) is 0 Å². The molecule has 0 aliphatic heterocycles. The van der Waals surface area contributed by atoms with Crippen molar-refractivity contribution < 1.29 is 4.79 Å². The van der Waals surface area contributed by atoms with E-state index >= 15 is 0 Å². The van der Waals surface area contributed by atoms with E-state index < -0.39 is 0 Å². The van der Waals surface area contributed by atoms with Crippen LogP contribution in [0, 0.1) is 0 Å². The van der Waals surface area contributed by atoms with Crippen molar-refractivity contribution in [2.45, 2.75) is 6.42 Å². The molecule has 1 N–H and O–H groups in total. The van der Waals surface area contributed by atoms with Crippen molar-refractivity contribution in [2.24, 2.45) is 0 Å². The first kappa shape index (κ1) is 12.3. The number of amides is 1. The molecule has 0 unspecified atom stereocenters.